The lowest BCUT2D eigenvalue weighted by Crippen LogP contribution is -2.24. The molecule has 3 aromatic carbocycles. The van der Waals surface area contributed by atoms with Crippen LogP contribution in [0.1, 0.15) is 15.9 Å². The minimum atomic E-state index is -0.449. The molecule has 0 unspecified atom stereocenters. The van der Waals surface area contributed by atoms with Gasteiger partial charge in [-0.2, -0.15) is 5.10 Å². The van der Waals surface area contributed by atoms with Crippen LogP contribution < -0.4 is 19.6 Å². The number of rotatable bonds is 8. The third kappa shape index (κ3) is 6.93. The number of amides is 1. The fourth-order valence-electron chi connectivity index (χ4n) is 2.45. The quantitative estimate of drug-likeness (QED) is 0.182. The van der Waals surface area contributed by atoms with Crippen LogP contribution in [0.15, 0.2) is 80.8 Å². The van der Waals surface area contributed by atoms with E-state index in [-0.39, 0.29) is 6.61 Å². The van der Waals surface area contributed by atoms with Crippen molar-refractivity contribution in [1.29, 1.82) is 0 Å². The van der Waals surface area contributed by atoms with Crippen LogP contribution in [-0.2, 0) is 4.79 Å². The highest BCUT2D eigenvalue weighted by Crippen LogP contribution is 2.29. The first-order valence-electron chi connectivity index (χ1n) is 9.30. The van der Waals surface area contributed by atoms with E-state index in [0.29, 0.717) is 32.8 Å². The predicted molar refractivity (Wildman–Crippen MR) is 127 cm³/mol. The first-order chi connectivity index (χ1) is 15.4. The van der Waals surface area contributed by atoms with Gasteiger partial charge in [-0.05, 0) is 88.2 Å². The van der Waals surface area contributed by atoms with E-state index in [1.54, 1.807) is 73.8 Å². The first kappa shape index (κ1) is 23.5. The van der Waals surface area contributed by atoms with Crippen molar-refractivity contribution >= 4 is 50.0 Å². The van der Waals surface area contributed by atoms with Crippen LogP contribution in [0.4, 0.5) is 0 Å². The molecule has 0 heterocycles. The first-order valence-corrected chi connectivity index (χ1v) is 10.9. The molecule has 1 amide bonds. The van der Waals surface area contributed by atoms with Crippen LogP contribution >= 0.6 is 31.9 Å². The minimum absolute atomic E-state index is 0.201. The number of benzene rings is 3. The van der Waals surface area contributed by atoms with E-state index in [1.807, 2.05) is 0 Å². The second kappa shape index (κ2) is 11.4. The van der Waals surface area contributed by atoms with Gasteiger partial charge in [0, 0.05) is 4.47 Å². The summed E-state index contributed by atoms with van der Waals surface area (Å²) in [6.45, 7) is -0.201. The third-order valence-corrected chi connectivity index (χ3v) is 5.22. The van der Waals surface area contributed by atoms with Crippen molar-refractivity contribution in [3.05, 3.63) is 86.8 Å². The zero-order chi connectivity index (χ0) is 22.9. The lowest BCUT2D eigenvalue weighted by Gasteiger charge is -2.08. The largest absolute Gasteiger partial charge is 0.497 e. The molecule has 0 spiro atoms. The fourth-order valence-corrected chi connectivity index (χ4v) is 3.19. The molecular formula is C23H18Br2N2O5. The molecular weight excluding hydrogens is 544 g/mol. The second-order valence-electron chi connectivity index (χ2n) is 6.34. The molecule has 0 fully saturated rings. The van der Waals surface area contributed by atoms with Crippen LogP contribution in [0, 0.1) is 0 Å². The molecule has 0 aliphatic rings. The number of hydrogen-bond donors (Lipinski definition) is 1. The number of ether oxygens (including phenoxy) is 3. The molecule has 1 N–H and O–H groups in total. The monoisotopic (exact) mass is 560 g/mol. The SMILES string of the molecule is COc1ccc(OCC(=O)N/N=C/c2ccc(OC(=O)c3ccc(Br)cc3)cc2)c(Br)c1. The number of methoxy groups -OCH3 is 1. The maximum atomic E-state index is 12.1. The minimum Gasteiger partial charge on any atom is -0.497 e. The molecule has 0 atom stereocenters. The molecule has 3 aromatic rings. The number of hydrogen-bond acceptors (Lipinski definition) is 6. The van der Waals surface area contributed by atoms with Crippen molar-refractivity contribution in [2.45, 2.75) is 0 Å². The van der Waals surface area contributed by atoms with Crippen LogP contribution in [0.25, 0.3) is 0 Å². The lowest BCUT2D eigenvalue weighted by atomic mass is 10.2. The van der Waals surface area contributed by atoms with Crippen molar-refractivity contribution in [2.75, 3.05) is 13.7 Å². The summed E-state index contributed by atoms with van der Waals surface area (Å²) < 4.78 is 17.5. The molecule has 3 rings (SSSR count). The van der Waals surface area contributed by atoms with E-state index >= 15 is 0 Å². The Morgan fingerprint density at radius 2 is 1.66 bits per heavy atom. The van der Waals surface area contributed by atoms with Gasteiger partial charge in [0.25, 0.3) is 5.91 Å². The van der Waals surface area contributed by atoms with Crippen LogP contribution in [0.2, 0.25) is 0 Å². The molecule has 0 saturated carbocycles. The van der Waals surface area contributed by atoms with Gasteiger partial charge >= 0.3 is 5.97 Å². The highest BCUT2D eigenvalue weighted by molar-refractivity contribution is 9.10. The molecule has 9 heteroatoms. The fraction of sp³-hybridized carbons (Fsp3) is 0.0870. The Hall–Kier alpha value is -3.17. The summed E-state index contributed by atoms with van der Waals surface area (Å²) >= 11 is 6.68. The summed E-state index contributed by atoms with van der Waals surface area (Å²) in [6.07, 6.45) is 1.47. The van der Waals surface area contributed by atoms with Crippen molar-refractivity contribution in [3.8, 4) is 17.2 Å². The van der Waals surface area contributed by atoms with Crippen LogP contribution in [0.5, 0.6) is 17.2 Å². The standard InChI is InChI=1S/C23H18Br2N2O5/c1-30-19-10-11-21(20(25)12-19)31-14-22(28)27-26-13-15-2-8-18(9-3-15)32-23(29)16-4-6-17(24)7-5-16/h2-13H,14H2,1H3,(H,27,28)/b26-13+. The van der Waals surface area contributed by atoms with E-state index in [1.165, 1.54) is 6.21 Å². The highest BCUT2D eigenvalue weighted by Gasteiger charge is 2.08. The average molecular weight is 562 g/mol. The molecule has 32 heavy (non-hydrogen) atoms. The van der Waals surface area contributed by atoms with Crippen LogP contribution in [-0.4, -0.2) is 31.8 Å². The molecule has 0 radical (unpaired) electrons. The summed E-state index contributed by atoms with van der Waals surface area (Å²) in [6, 6.07) is 18.8. The molecule has 0 saturated heterocycles. The van der Waals surface area contributed by atoms with E-state index in [2.05, 4.69) is 42.4 Å². The van der Waals surface area contributed by atoms with Gasteiger partial charge in [0.15, 0.2) is 6.61 Å². The average Bonchev–Trinajstić information content (AvgIpc) is 2.79. The number of nitrogens with zero attached hydrogens (tertiary/aromatic N) is 1. The van der Waals surface area contributed by atoms with Crippen LogP contribution in [0.3, 0.4) is 0 Å². The van der Waals surface area contributed by atoms with Gasteiger partial charge in [0.2, 0.25) is 0 Å². The topological polar surface area (TPSA) is 86.2 Å². The van der Waals surface area contributed by atoms with Gasteiger partial charge in [0.05, 0.1) is 23.4 Å². The van der Waals surface area contributed by atoms with E-state index in [0.717, 1.165) is 4.47 Å². The number of nitrogens with one attached hydrogen (secondary N) is 1. The van der Waals surface area contributed by atoms with Crippen molar-refractivity contribution in [1.82, 2.24) is 5.43 Å². The Balaban J connectivity index is 1.46. The zero-order valence-corrected chi connectivity index (χ0v) is 20.1. The van der Waals surface area contributed by atoms with E-state index in [4.69, 9.17) is 14.2 Å². The molecule has 0 bridgehead atoms. The van der Waals surface area contributed by atoms with Gasteiger partial charge in [-0.1, -0.05) is 15.9 Å². The van der Waals surface area contributed by atoms with Crippen molar-refractivity contribution < 1.29 is 23.8 Å². The van der Waals surface area contributed by atoms with Gasteiger partial charge in [-0.25, -0.2) is 10.2 Å². The van der Waals surface area contributed by atoms with Gasteiger partial charge in [0.1, 0.15) is 17.2 Å². The summed E-state index contributed by atoms with van der Waals surface area (Å²) in [5, 5.41) is 3.90. The van der Waals surface area contributed by atoms with Crippen molar-refractivity contribution in [3.63, 3.8) is 0 Å². The number of esters is 1. The predicted octanol–water partition coefficient (Wildman–Crippen LogP) is 4.97. The summed E-state index contributed by atoms with van der Waals surface area (Å²) in [4.78, 5) is 24.1. The molecule has 0 aromatic heterocycles. The highest BCUT2D eigenvalue weighted by atomic mass is 79.9. The number of carbonyl (C=O) groups excluding carboxylic acids is 2. The molecule has 7 nitrogen and oxygen atoms in total. The van der Waals surface area contributed by atoms with Gasteiger partial charge < -0.3 is 14.2 Å². The number of carbonyl (C=O) groups is 2. The summed E-state index contributed by atoms with van der Waals surface area (Å²) in [5.74, 6) is 0.724. The smallest absolute Gasteiger partial charge is 0.343 e. The van der Waals surface area contributed by atoms with Gasteiger partial charge in [-0.15, -0.1) is 0 Å². The number of halogens is 2. The van der Waals surface area contributed by atoms with Gasteiger partial charge in [-0.3, -0.25) is 4.79 Å². The number of hydrazone groups is 1. The molecule has 0 aliphatic heterocycles. The third-order valence-electron chi connectivity index (χ3n) is 4.07. The van der Waals surface area contributed by atoms with E-state index < -0.39 is 11.9 Å². The lowest BCUT2D eigenvalue weighted by molar-refractivity contribution is -0.123. The second-order valence-corrected chi connectivity index (χ2v) is 8.11. The van der Waals surface area contributed by atoms with Crippen molar-refractivity contribution in [2.24, 2.45) is 5.10 Å². The Labute approximate surface area is 201 Å². The Bertz CT molecular complexity index is 1120. The maximum absolute atomic E-state index is 12.1. The Morgan fingerprint density at radius 3 is 2.31 bits per heavy atom. The zero-order valence-electron chi connectivity index (χ0n) is 16.9. The Kier molecular flexibility index (Phi) is 8.41. The van der Waals surface area contributed by atoms with E-state index in [9.17, 15) is 9.59 Å². The summed E-state index contributed by atoms with van der Waals surface area (Å²) in [5.41, 5.74) is 3.56. The normalized spacial score (nSPS) is 10.6. The molecule has 164 valence electrons. The summed E-state index contributed by atoms with van der Waals surface area (Å²) in [7, 11) is 1.57. The Morgan fingerprint density at radius 1 is 0.969 bits per heavy atom. The maximum Gasteiger partial charge on any atom is 0.343 e. The molecule has 0 aliphatic carbocycles.